The van der Waals surface area contributed by atoms with Gasteiger partial charge in [-0.1, -0.05) is 18.2 Å². The van der Waals surface area contributed by atoms with Gasteiger partial charge in [0.2, 0.25) is 0 Å². The summed E-state index contributed by atoms with van der Waals surface area (Å²) >= 11 is 0. The average molecular weight is 338 g/mol. The van der Waals surface area contributed by atoms with Crippen LogP contribution in [0.25, 0.3) is 0 Å². The number of carbonyl (C=O) groups is 2. The minimum Gasteiger partial charge on any atom is -0.484 e. The number of para-hydroxylation sites is 1. The van der Waals surface area contributed by atoms with Gasteiger partial charge in [0.15, 0.2) is 13.2 Å². The predicted molar refractivity (Wildman–Crippen MR) is 93.2 cm³/mol. The van der Waals surface area contributed by atoms with Crippen LogP contribution in [0.4, 0.5) is 11.4 Å². The second kappa shape index (κ2) is 6.47. The molecule has 0 fully saturated rings. The summed E-state index contributed by atoms with van der Waals surface area (Å²) < 4.78 is 10.9. The number of fused-ring (bicyclic) bond motifs is 2. The van der Waals surface area contributed by atoms with E-state index in [4.69, 9.17) is 9.47 Å². The van der Waals surface area contributed by atoms with Gasteiger partial charge in [0, 0.05) is 18.3 Å². The van der Waals surface area contributed by atoms with Crippen LogP contribution in [0.1, 0.15) is 12.0 Å². The lowest BCUT2D eigenvalue weighted by Gasteiger charge is -2.29. The van der Waals surface area contributed by atoms with E-state index in [-0.39, 0.29) is 25.0 Å². The second-order valence-corrected chi connectivity index (χ2v) is 6.06. The fraction of sp³-hybridized carbons (Fsp3) is 0.263. The lowest BCUT2D eigenvalue weighted by atomic mass is 10.0. The minimum absolute atomic E-state index is 0.0139. The maximum absolute atomic E-state index is 12.6. The van der Waals surface area contributed by atoms with Crippen molar-refractivity contribution in [1.82, 2.24) is 0 Å². The standard InChI is InChI=1S/C19H18N2O4/c22-18-11-25-17-8-7-14(10-15(17)20-18)24-12-19(23)21-9-3-5-13-4-1-2-6-16(13)21/h1-2,4,6-8,10H,3,5,9,11-12H2,(H,20,22). The van der Waals surface area contributed by atoms with Crippen molar-refractivity contribution < 1.29 is 19.1 Å². The molecule has 0 bridgehead atoms. The number of ether oxygens (including phenoxy) is 2. The molecule has 0 unspecified atom stereocenters. The Morgan fingerprint density at radius 3 is 3.04 bits per heavy atom. The van der Waals surface area contributed by atoms with Crippen LogP contribution in [0.2, 0.25) is 0 Å². The Morgan fingerprint density at radius 1 is 1.24 bits per heavy atom. The summed E-state index contributed by atoms with van der Waals surface area (Å²) in [6.07, 6.45) is 1.94. The molecule has 2 aliphatic heterocycles. The Balaban J connectivity index is 1.45. The van der Waals surface area contributed by atoms with Crippen molar-refractivity contribution in [2.75, 3.05) is 30.0 Å². The average Bonchev–Trinajstić information content (AvgIpc) is 2.65. The van der Waals surface area contributed by atoms with E-state index in [0.29, 0.717) is 23.7 Å². The van der Waals surface area contributed by atoms with Crippen LogP contribution in [0.15, 0.2) is 42.5 Å². The fourth-order valence-electron chi connectivity index (χ4n) is 3.17. The van der Waals surface area contributed by atoms with Crippen LogP contribution in [0.3, 0.4) is 0 Å². The zero-order valence-electron chi connectivity index (χ0n) is 13.7. The molecular formula is C19H18N2O4. The van der Waals surface area contributed by atoms with E-state index in [1.807, 2.05) is 18.2 Å². The molecule has 2 amide bonds. The summed E-state index contributed by atoms with van der Waals surface area (Å²) in [6.45, 7) is 0.662. The van der Waals surface area contributed by atoms with Crippen molar-refractivity contribution in [2.24, 2.45) is 0 Å². The molecule has 2 aliphatic rings. The molecule has 6 heteroatoms. The van der Waals surface area contributed by atoms with Crippen molar-refractivity contribution >= 4 is 23.2 Å². The number of aryl methyl sites for hydroxylation is 1. The Kier molecular flexibility index (Phi) is 4.01. The molecule has 2 aromatic rings. The summed E-state index contributed by atoms with van der Waals surface area (Å²) in [6, 6.07) is 13.1. The van der Waals surface area contributed by atoms with E-state index >= 15 is 0 Å². The predicted octanol–water partition coefficient (Wildman–Crippen LogP) is 2.38. The molecule has 2 heterocycles. The first-order chi connectivity index (χ1) is 12.2. The topological polar surface area (TPSA) is 67.9 Å². The Bertz CT molecular complexity index is 834. The van der Waals surface area contributed by atoms with Crippen molar-refractivity contribution in [3.63, 3.8) is 0 Å². The van der Waals surface area contributed by atoms with Gasteiger partial charge in [-0.3, -0.25) is 9.59 Å². The third-order valence-electron chi connectivity index (χ3n) is 4.36. The fourth-order valence-corrected chi connectivity index (χ4v) is 3.17. The molecule has 25 heavy (non-hydrogen) atoms. The molecular weight excluding hydrogens is 320 g/mol. The summed E-state index contributed by atoms with van der Waals surface area (Å²) in [5, 5.41) is 2.73. The molecule has 2 aromatic carbocycles. The van der Waals surface area contributed by atoms with Crippen LogP contribution in [-0.4, -0.2) is 31.6 Å². The van der Waals surface area contributed by atoms with E-state index in [2.05, 4.69) is 11.4 Å². The highest BCUT2D eigenvalue weighted by Crippen LogP contribution is 2.32. The van der Waals surface area contributed by atoms with Crippen molar-refractivity contribution in [3.8, 4) is 11.5 Å². The van der Waals surface area contributed by atoms with Crippen LogP contribution < -0.4 is 19.7 Å². The lowest BCUT2D eigenvalue weighted by Crippen LogP contribution is -2.38. The molecule has 0 radical (unpaired) electrons. The third-order valence-corrected chi connectivity index (χ3v) is 4.36. The number of amides is 2. The first kappa shape index (κ1) is 15.5. The number of benzene rings is 2. The monoisotopic (exact) mass is 338 g/mol. The van der Waals surface area contributed by atoms with Gasteiger partial charge in [-0.05, 0) is 36.6 Å². The van der Waals surface area contributed by atoms with Crippen LogP contribution >= 0.6 is 0 Å². The third kappa shape index (κ3) is 3.15. The number of rotatable bonds is 3. The largest absolute Gasteiger partial charge is 0.484 e. The number of nitrogens with zero attached hydrogens (tertiary/aromatic N) is 1. The molecule has 6 nitrogen and oxygen atoms in total. The summed E-state index contributed by atoms with van der Waals surface area (Å²) in [5.74, 6) is 0.835. The molecule has 0 saturated carbocycles. The molecule has 0 saturated heterocycles. The molecule has 1 N–H and O–H groups in total. The van der Waals surface area contributed by atoms with Gasteiger partial charge < -0.3 is 19.7 Å². The molecule has 0 spiro atoms. The highest BCUT2D eigenvalue weighted by Gasteiger charge is 2.23. The quantitative estimate of drug-likeness (QED) is 0.933. The van der Waals surface area contributed by atoms with Gasteiger partial charge in [0.1, 0.15) is 11.5 Å². The van der Waals surface area contributed by atoms with Crippen molar-refractivity contribution in [2.45, 2.75) is 12.8 Å². The maximum Gasteiger partial charge on any atom is 0.264 e. The van der Waals surface area contributed by atoms with E-state index in [0.717, 1.165) is 18.5 Å². The zero-order chi connectivity index (χ0) is 17.2. The van der Waals surface area contributed by atoms with Gasteiger partial charge in [-0.15, -0.1) is 0 Å². The lowest BCUT2D eigenvalue weighted by molar-refractivity contribution is -0.121. The van der Waals surface area contributed by atoms with E-state index in [1.165, 1.54) is 5.56 Å². The number of hydrogen-bond acceptors (Lipinski definition) is 4. The number of carbonyl (C=O) groups excluding carboxylic acids is 2. The van der Waals surface area contributed by atoms with Gasteiger partial charge in [0.25, 0.3) is 11.8 Å². The molecule has 0 atom stereocenters. The Labute approximate surface area is 145 Å². The summed E-state index contributed by atoms with van der Waals surface area (Å²) in [4.78, 5) is 25.8. The van der Waals surface area contributed by atoms with Gasteiger partial charge in [-0.25, -0.2) is 0 Å². The summed E-state index contributed by atoms with van der Waals surface area (Å²) in [7, 11) is 0. The van der Waals surface area contributed by atoms with Crippen LogP contribution in [0, 0.1) is 0 Å². The highest BCUT2D eigenvalue weighted by atomic mass is 16.5. The van der Waals surface area contributed by atoms with Crippen LogP contribution in [-0.2, 0) is 16.0 Å². The van der Waals surface area contributed by atoms with E-state index in [1.54, 1.807) is 23.1 Å². The number of nitrogens with one attached hydrogen (secondary N) is 1. The highest BCUT2D eigenvalue weighted by molar-refractivity contribution is 5.96. The minimum atomic E-state index is -0.203. The van der Waals surface area contributed by atoms with E-state index in [9.17, 15) is 9.59 Å². The molecule has 0 aliphatic carbocycles. The number of anilines is 2. The van der Waals surface area contributed by atoms with Crippen LogP contribution in [0.5, 0.6) is 11.5 Å². The van der Waals surface area contributed by atoms with Crippen molar-refractivity contribution in [1.29, 1.82) is 0 Å². The molecule has 0 aromatic heterocycles. The molecule has 4 rings (SSSR count). The first-order valence-corrected chi connectivity index (χ1v) is 8.28. The summed E-state index contributed by atoms with van der Waals surface area (Å²) in [5.41, 5.74) is 2.72. The van der Waals surface area contributed by atoms with Gasteiger partial charge in [-0.2, -0.15) is 0 Å². The zero-order valence-corrected chi connectivity index (χ0v) is 13.7. The Morgan fingerprint density at radius 2 is 2.12 bits per heavy atom. The van der Waals surface area contributed by atoms with Gasteiger partial charge in [0.05, 0.1) is 5.69 Å². The Hall–Kier alpha value is -3.02. The first-order valence-electron chi connectivity index (χ1n) is 8.28. The van der Waals surface area contributed by atoms with Crippen molar-refractivity contribution in [3.05, 3.63) is 48.0 Å². The van der Waals surface area contributed by atoms with E-state index < -0.39 is 0 Å². The SMILES string of the molecule is O=C1COc2ccc(OCC(=O)N3CCCc4ccccc43)cc2N1. The molecule has 128 valence electrons. The number of hydrogen-bond donors (Lipinski definition) is 1. The van der Waals surface area contributed by atoms with Gasteiger partial charge >= 0.3 is 0 Å². The maximum atomic E-state index is 12.6. The smallest absolute Gasteiger partial charge is 0.264 e. The normalized spacial score (nSPS) is 15.5. The second-order valence-electron chi connectivity index (χ2n) is 6.06.